The van der Waals surface area contributed by atoms with Crippen LogP contribution in [0.5, 0.6) is 5.75 Å². The molecule has 0 aromatic heterocycles. The van der Waals surface area contributed by atoms with Gasteiger partial charge < -0.3 is 15.0 Å². The molecule has 0 radical (unpaired) electrons. The van der Waals surface area contributed by atoms with Crippen molar-refractivity contribution in [1.82, 2.24) is 10.2 Å². The van der Waals surface area contributed by atoms with Gasteiger partial charge in [0.1, 0.15) is 0 Å². The van der Waals surface area contributed by atoms with Crippen LogP contribution in [0.2, 0.25) is 0 Å². The molecule has 0 bridgehead atoms. The molecule has 116 valence electrons. The van der Waals surface area contributed by atoms with Gasteiger partial charge in [-0.25, -0.2) is 4.39 Å². The van der Waals surface area contributed by atoms with E-state index in [0.29, 0.717) is 18.2 Å². The summed E-state index contributed by atoms with van der Waals surface area (Å²) in [5.41, 5.74) is 0.458. The highest BCUT2D eigenvalue weighted by molar-refractivity contribution is 5.94. The summed E-state index contributed by atoms with van der Waals surface area (Å²) in [6.07, 6.45) is 2.23. The number of ether oxygens (including phenoxy) is 1. The number of amides is 1. The quantitative estimate of drug-likeness (QED) is 0.907. The molecule has 1 saturated heterocycles. The van der Waals surface area contributed by atoms with Crippen molar-refractivity contribution in [3.8, 4) is 5.75 Å². The topological polar surface area (TPSA) is 41.6 Å². The Kier molecular flexibility index (Phi) is 5.17. The van der Waals surface area contributed by atoms with Gasteiger partial charge in [-0.15, -0.1) is 0 Å². The summed E-state index contributed by atoms with van der Waals surface area (Å²) in [6, 6.07) is 4.69. The number of hydrogen-bond acceptors (Lipinski definition) is 3. The molecule has 1 fully saturated rings. The predicted octanol–water partition coefficient (Wildman–Crippen LogP) is 2.44. The molecule has 2 rings (SSSR count). The van der Waals surface area contributed by atoms with Gasteiger partial charge in [-0.2, -0.15) is 0 Å². The van der Waals surface area contributed by atoms with Crippen LogP contribution in [0.15, 0.2) is 18.2 Å². The molecule has 1 amide bonds. The van der Waals surface area contributed by atoms with E-state index >= 15 is 0 Å². The number of methoxy groups -OCH3 is 1. The van der Waals surface area contributed by atoms with Crippen molar-refractivity contribution in [3.63, 3.8) is 0 Å². The minimum atomic E-state index is -0.456. The van der Waals surface area contributed by atoms with Crippen LogP contribution in [0.3, 0.4) is 0 Å². The third kappa shape index (κ3) is 3.73. The minimum Gasteiger partial charge on any atom is -0.494 e. The summed E-state index contributed by atoms with van der Waals surface area (Å²) >= 11 is 0. The van der Waals surface area contributed by atoms with E-state index in [1.807, 2.05) is 18.7 Å². The fourth-order valence-corrected chi connectivity index (χ4v) is 2.64. The Balaban J connectivity index is 2.17. The predicted molar refractivity (Wildman–Crippen MR) is 80.1 cm³/mol. The molecule has 0 saturated carbocycles. The van der Waals surface area contributed by atoms with Gasteiger partial charge in [0.15, 0.2) is 11.6 Å². The molecule has 21 heavy (non-hydrogen) atoms. The van der Waals surface area contributed by atoms with E-state index in [4.69, 9.17) is 4.74 Å². The van der Waals surface area contributed by atoms with Gasteiger partial charge in [0.05, 0.1) is 7.11 Å². The molecule has 4 nitrogen and oxygen atoms in total. The number of nitrogens with zero attached hydrogens (tertiary/aromatic N) is 1. The molecule has 0 aliphatic carbocycles. The SMILES string of the molecule is COc1cc(C(=O)N(CC2CCCN2)C(C)C)ccc1F. The second kappa shape index (κ2) is 6.89. The van der Waals surface area contributed by atoms with Crippen LogP contribution < -0.4 is 10.1 Å². The van der Waals surface area contributed by atoms with E-state index < -0.39 is 5.82 Å². The van der Waals surface area contributed by atoms with Crippen molar-refractivity contribution in [2.45, 2.75) is 38.8 Å². The van der Waals surface area contributed by atoms with Crippen LogP contribution in [-0.2, 0) is 0 Å². The lowest BCUT2D eigenvalue weighted by Gasteiger charge is -2.29. The van der Waals surface area contributed by atoms with E-state index in [2.05, 4.69) is 5.32 Å². The summed E-state index contributed by atoms with van der Waals surface area (Å²) in [7, 11) is 1.40. The van der Waals surface area contributed by atoms with E-state index in [1.54, 1.807) is 0 Å². The molecule has 1 atom stereocenters. The fourth-order valence-electron chi connectivity index (χ4n) is 2.64. The van der Waals surface area contributed by atoms with Gasteiger partial charge >= 0.3 is 0 Å². The van der Waals surface area contributed by atoms with Crippen molar-refractivity contribution >= 4 is 5.91 Å². The zero-order valence-electron chi connectivity index (χ0n) is 12.9. The highest BCUT2D eigenvalue weighted by Crippen LogP contribution is 2.20. The van der Waals surface area contributed by atoms with Crippen LogP contribution in [0, 0.1) is 5.82 Å². The van der Waals surface area contributed by atoms with Crippen LogP contribution in [0.25, 0.3) is 0 Å². The van der Waals surface area contributed by atoms with Gasteiger partial charge in [0.2, 0.25) is 0 Å². The Bertz CT molecular complexity index is 499. The standard InChI is InChI=1S/C16H23FN2O2/c1-11(2)19(10-13-5-4-8-18-13)16(20)12-6-7-14(17)15(9-12)21-3/h6-7,9,11,13,18H,4-5,8,10H2,1-3H3. The number of rotatable bonds is 5. The maximum absolute atomic E-state index is 13.5. The van der Waals surface area contributed by atoms with Crippen molar-refractivity contribution < 1.29 is 13.9 Å². The molecular formula is C16H23FN2O2. The van der Waals surface area contributed by atoms with Gasteiger partial charge in [0.25, 0.3) is 5.91 Å². The van der Waals surface area contributed by atoms with E-state index in [9.17, 15) is 9.18 Å². The number of halogens is 1. The highest BCUT2D eigenvalue weighted by Gasteiger charge is 2.25. The first kappa shape index (κ1) is 15.8. The van der Waals surface area contributed by atoms with E-state index in [-0.39, 0.29) is 17.7 Å². The van der Waals surface area contributed by atoms with Crippen LogP contribution in [0.1, 0.15) is 37.0 Å². The van der Waals surface area contributed by atoms with Gasteiger partial charge in [-0.05, 0) is 51.4 Å². The lowest BCUT2D eigenvalue weighted by molar-refractivity contribution is 0.0688. The molecule has 1 heterocycles. The molecule has 1 aliphatic heterocycles. The lowest BCUT2D eigenvalue weighted by Crippen LogP contribution is -2.44. The molecule has 1 aromatic rings. The average molecular weight is 294 g/mol. The minimum absolute atomic E-state index is 0.0861. The highest BCUT2D eigenvalue weighted by atomic mass is 19.1. The first-order chi connectivity index (χ1) is 10.0. The zero-order chi connectivity index (χ0) is 15.4. The third-order valence-electron chi connectivity index (χ3n) is 3.86. The van der Waals surface area contributed by atoms with Crippen molar-refractivity contribution in [2.75, 3.05) is 20.2 Å². The van der Waals surface area contributed by atoms with Crippen LogP contribution in [-0.4, -0.2) is 43.1 Å². The maximum Gasteiger partial charge on any atom is 0.254 e. The zero-order valence-corrected chi connectivity index (χ0v) is 12.9. The Morgan fingerprint density at radius 1 is 1.52 bits per heavy atom. The number of carbonyl (C=O) groups is 1. The van der Waals surface area contributed by atoms with Crippen molar-refractivity contribution in [3.05, 3.63) is 29.6 Å². The molecular weight excluding hydrogens is 271 g/mol. The van der Waals surface area contributed by atoms with E-state index in [1.165, 1.54) is 25.3 Å². The molecule has 1 N–H and O–H groups in total. The Morgan fingerprint density at radius 2 is 2.29 bits per heavy atom. The molecule has 1 aromatic carbocycles. The van der Waals surface area contributed by atoms with Gasteiger partial charge in [-0.1, -0.05) is 0 Å². The molecule has 1 unspecified atom stereocenters. The Hall–Kier alpha value is -1.62. The fraction of sp³-hybridized carbons (Fsp3) is 0.562. The van der Waals surface area contributed by atoms with Crippen molar-refractivity contribution in [1.29, 1.82) is 0 Å². The first-order valence-corrected chi connectivity index (χ1v) is 7.40. The van der Waals surface area contributed by atoms with Crippen LogP contribution in [0.4, 0.5) is 4.39 Å². The molecule has 5 heteroatoms. The number of carbonyl (C=O) groups excluding carboxylic acids is 1. The number of benzene rings is 1. The number of hydrogen-bond donors (Lipinski definition) is 1. The van der Waals surface area contributed by atoms with Crippen molar-refractivity contribution in [2.24, 2.45) is 0 Å². The summed E-state index contributed by atoms with van der Waals surface area (Å²) in [5.74, 6) is -0.442. The Morgan fingerprint density at radius 3 is 2.86 bits per heavy atom. The average Bonchev–Trinajstić information content (AvgIpc) is 2.97. The second-order valence-electron chi connectivity index (χ2n) is 5.69. The van der Waals surface area contributed by atoms with Gasteiger partial charge in [0, 0.05) is 24.2 Å². The molecule has 1 aliphatic rings. The lowest BCUT2D eigenvalue weighted by atomic mass is 10.1. The number of nitrogens with one attached hydrogen (secondary N) is 1. The Labute approximate surface area is 125 Å². The molecule has 0 spiro atoms. The third-order valence-corrected chi connectivity index (χ3v) is 3.86. The van der Waals surface area contributed by atoms with Gasteiger partial charge in [-0.3, -0.25) is 4.79 Å². The summed E-state index contributed by atoms with van der Waals surface area (Å²) in [5, 5.41) is 3.40. The first-order valence-electron chi connectivity index (χ1n) is 7.40. The second-order valence-corrected chi connectivity index (χ2v) is 5.69. The largest absolute Gasteiger partial charge is 0.494 e. The summed E-state index contributed by atoms with van der Waals surface area (Å²) < 4.78 is 18.4. The summed E-state index contributed by atoms with van der Waals surface area (Å²) in [6.45, 7) is 5.67. The maximum atomic E-state index is 13.5. The smallest absolute Gasteiger partial charge is 0.254 e. The van der Waals surface area contributed by atoms with Crippen LogP contribution >= 0.6 is 0 Å². The normalized spacial score (nSPS) is 18.0. The monoisotopic (exact) mass is 294 g/mol. The summed E-state index contributed by atoms with van der Waals surface area (Å²) in [4.78, 5) is 14.5. The van der Waals surface area contributed by atoms with E-state index in [0.717, 1.165) is 19.4 Å².